The topological polar surface area (TPSA) is 15.6 Å². The first-order chi connectivity index (χ1) is 5.42. The van der Waals surface area contributed by atoms with E-state index in [0.29, 0.717) is 6.04 Å². The molecule has 0 unspecified atom stereocenters. The summed E-state index contributed by atoms with van der Waals surface area (Å²) in [6.07, 6.45) is 4.25. The minimum Gasteiger partial charge on any atom is -0.268 e. The maximum Gasteiger partial charge on any atom is 0.0465 e. The lowest BCUT2D eigenvalue weighted by Crippen LogP contribution is -2.30. The van der Waals surface area contributed by atoms with Crippen molar-refractivity contribution in [2.24, 2.45) is 10.5 Å². The van der Waals surface area contributed by atoms with Gasteiger partial charge < -0.3 is 0 Å². The molecule has 0 spiro atoms. The Kier molecular flexibility index (Phi) is 2.27. The van der Waals surface area contributed by atoms with E-state index in [-0.39, 0.29) is 5.41 Å². The van der Waals surface area contributed by atoms with Crippen LogP contribution < -0.4 is 0 Å². The van der Waals surface area contributed by atoms with Crippen molar-refractivity contribution in [3.8, 4) is 0 Å². The van der Waals surface area contributed by atoms with Gasteiger partial charge in [-0.1, -0.05) is 19.9 Å². The summed E-state index contributed by atoms with van der Waals surface area (Å²) < 4.78 is 0. The van der Waals surface area contributed by atoms with Gasteiger partial charge in [0, 0.05) is 23.4 Å². The molecule has 12 heavy (non-hydrogen) atoms. The number of hydrogen-bond acceptors (Lipinski definition) is 2. The SMILES string of the molecule is CC1=CC(C)(C)C=NN1C(C)C. The largest absolute Gasteiger partial charge is 0.268 e. The smallest absolute Gasteiger partial charge is 0.0465 e. The van der Waals surface area contributed by atoms with Crippen LogP contribution in [0.2, 0.25) is 0 Å². The lowest BCUT2D eigenvalue weighted by Gasteiger charge is -2.31. The minimum absolute atomic E-state index is 0.121. The first-order valence-electron chi connectivity index (χ1n) is 4.46. The summed E-state index contributed by atoms with van der Waals surface area (Å²) in [7, 11) is 0. The second kappa shape index (κ2) is 2.92. The molecular weight excluding hydrogens is 148 g/mol. The van der Waals surface area contributed by atoms with Crippen LogP contribution in [0, 0.1) is 5.41 Å². The van der Waals surface area contributed by atoms with Crippen molar-refractivity contribution in [1.29, 1.82) is 0 Å². The molecule has 2 nitrogen and oxygen atoms in total. The molecule has 0 aliphatic carbocycles. The van der Waals surface area contributed by atoms with Gasteiger partial charge in [0.25, 0.3) is 0 Å². The van der Waals surface area contributed by atoms with E-state index in [1.165, 1.54) is 5.70 Å². The van der Waals surface area contributed by atoms with Gasteiger partial charge in [0.2, 0.25) is 0 Å². The molecular formula is C10H18N2. The number of rotatable bonds is 1. The molecule has 0 bridgehead atoms. The Morgan fingerprint density at radius 2 is 2.00 bits per heavy atom. The van der Waals surface area contributed by atoms with Crippen molar-refractivity contribution in [2.45, 2.75) is 40.7 Å². The number of hydrogen-bond donors (Lipinski definition) is 0. The van der Waals surface area contributed by atoms with E-state index >= 15 is 0 Å². The first-order valence-corrected chi connectivity index (χ1v) is 4.46. The molecule has 0 aromatic rings. The van der Waals surface area contributed by atoms with E-state index in [0.717, 1.165) is 0 Å². The third-order valence-corrected chi connectivity index (χ3v) is 1.95. The molecule has 0 atom stereocenters. The van der Waals surface area contributed by atoms with Crippen LogP contribution in [0.15, 0.2) is 16.9 Å². The molecule has 1 heterocycles. The van der Waals surface area contributed by atoms with Crippen LogP contribution in [0.4, 0.5) is 0 Å². The van der Waals surface area contributed by atoms with Crippen molar-refractivity contribution in [3.63, 3.8) is 0 Å². The van der Waals surface area contributed by atoms with E-state index in [9.17, 15) is 0 Å². The number of allylic oxidation sites excluding steroid dienone is 2. The second-order valence-electron chi connectivity index (χ2n) is 4.29. The summed E-state index contributed by atoms with van der Waals surface area (Å²) in [5, 5.41) is 6.45. The summed E-state index contributed by atoms with van der Waals surface area (Å²) in [6, 6.07) is 0.452. The fourth-order valence-electron chi connectivity index (χ4n) is 1.48. The summed E-state index contributed by atoms with van der Waals surface area (Å²) in [6.45, 7) is 10.7. The Morgan fingerprint density at radius 1 is 1.42 bits per heavy atom. The van der Waals surface area contributed by atoms with E-state index in [2.05, 4.69) is 45.8 Å². The van der Waals surface area contributed by atoms with Gasteiger partial charge in [-0.2, -0.15) is 5.10 Å². The Labute approximate surface area is 75.0 Å². The fourth-order valence-corrected chi connectivity index (χ4v) is 1.48. The zero-order valence-corrected chi connectivity index (χ0v) is 8.63. The van der Waals surface area contributed by atoms with Crippen LogP contribution in [0.3, 0.4) is 0 Å². The van der Waals surface area contributed by atoms with Crippen molar-refractivity contribution in [1.82, 2.24) is 5.01 Å². The zero-order chi connectivity index (χ0) is 9.35. The van der Waals surface area contributed by atoms with E-state index < -0.39 is 0 Å². The van der Waals surface area contributed by atoms with Gasteiger partial charge in [0.15, 0.2) is 0 Å². The van der Waals surface area contributed by atoms with E-state index in [1.54, 1.807) is 0 Å². The van der Waals surface area contributed by atoms with Crippen molar-refractivity contribution in [3.05, 3.63) is 11.8 Å². The van der Waals surface area contributed by atoms with Crippen LogP contribution in [-0.2, 0) is 0 Å². The normalized spacial score (nSPS) is 21.5. The Balaban J connectivity index is 2.83. The van der Waals surface area contributed by atoms with E-state index in [1.807, 2.05) is 11.2 Å². The molecule has 0 N–H and O–H groups in total. The molecule has 2 heteroatoms. The van der Waals surface area contributed by atoms with Crippen molar-refractivity contribution < 1.29 is 0 Å². The second-order valence-corrected chi connectivity index (χ2v) is 4.29. The lowest BCUT2D eigenvalue weighted by molar-refractivity contribution is 0.286. The Bertz CT molecular complexity index is 224. The van der Waals surface area contributed by atoms with Crippen LogP contribution in [0.1, 0.15) is 34.6 Å². The molecule has 1 aliphatic rings. The highest BCUT2D eigenvalue weighted by Gasteiger charge is 2.20. The maximum absolute atomic E-state index is 4.40. The minimum atomic E-state index is 0.121. The molecule has 1 rings (SSSR count). The van der Waals surface area contributed by atoms with Crippen LogP contribution in [0.5, 0.6) is 0 Å². The predicted octanol–water partition coefficient (Wildman–Crippen LogP) is 2.63. The fraction of sp³-hybridized carbons (Fsp3) is 0.700. The number of hydrazone groups is 1. The molecule has 0 aromatic heterocycles. The summed E-state index contributed by atoms with van der Waals surface area (Å²) in [4.78, 5) is 0. The highest BCUT2D eigenvalue weighted by atomic mass is 15.5. The Morgan fingerprint density at radius 3 is 2.42 bits per heavy atom. The van der Waals surface area contributed by atoms with Crippen molar-refractivity contribution in [2.75, 3.05) is 0 Å². The van der Waals surface area contributed by atoms with Crippen LogP contribution in [-0.4, -0.2) is 17.3 Å². The quantitative estimate of drug-likeness (QED) is 0.584. The van der Waals surface area contributed by atoms with Gasteiger partial charge in [0.05, 0.1) is 0 Å². The van der Waals surface area contributed by atoms with Crippen LogP contribution in [0.25, 0.3) is 0 Å². The van der Waals surface area contributed by atoms with Gasteiger partial charge in [-0.15, -0.1) is 0 Å². The molecule has 0 fully saturated rings. The molecule has 1 aliphatic heterocycles. The first kappa shape index (κ1) is 9.30. The third-order valence-electron chi connectivity index (χ3n) is 1.95. The van der Waals surface area contributed by atoms with Crippen LogP contribution >= 0.6 is 0 Å². The van der Waals surface area contributed by atoms with Gasteiger partial charge in [0.1, 0.15) is 0 Å². The molecule has 68 valence electrons. The maximum atomic E-state index is 4.40. The highest BCUT2D eigenvalue weighted by Crippen LogP contribution is 2.24. The molecule has 0 radical (unpaired) electrons. The predicted molar refractivity (Wildman–Crippen MR) is 53.0 cm³/mol. The van der Waals surface area contributed by atoms with Crippen molar-refractivity contribution >= 4 is 6.21 Å². The zero-order valence-electron chi connectivity index (χ0n) is 8.63. The average Bonchev–Trinajstić information content (AvgIpc) is 1.83. The number of nitrogens with zero attached hydrogens (tertiary/aromatic N) is 2. The summed E-state index contributed by atoms with van der Waals surface area (Å²) in [5.74, 6) is 0. The molecule has 0 saturated heterocycles. The third kappa shape index (κ3) is 1.87. The molecule has 0 aromatic carbocycles. The summed E-state index contributed by atoms with van der Waals surface area (Å²) in [5.41, 5.74) is 1.37. The van der Waals surface area contributed by atoms with Gasteiger partial charge in [-0.05, 0) is 20.8 Å². The van der Waals surface area contributed by atoms with Gasteiger partial charge in [-0.3, -0.25) is 5.01 Å². The average molecular weight is 166 g/mol. The van der Waals surface area contributed by atoms with Gasteiger partial charge in [-0.25, -0.2) is 0 Å². The summed E-state index contributed by atoms with van der Waals surface area (Å²) >= 11 is 0. The monoisotopic (exact) mass is 166 g/mol. The Hall–Kier alpha value is -0.790. The van der Waals surface area contributed by atoms with E-state index in [4.69, 9.17) is 0 Å². The molecule has 0 amide bonds. The highest BCUT2D eigenvalue weighted by molar-refractivity contribution is 5.68. The standard InChI is InChI=1S/C10H18N2/c1-8(2)12-9(3)6-10(4,5)7-11-12/h6-8H,1-5H3. The molecule has 0 saturated carbocycles. The lowest BCUT2D eigenvalue weighted by atomic mass is 9.93. The van der Waals surface area contributed by atoms with Gasteiger partial charge >= 0.3 is 0 Å².